The monoisotopic (exact) mass is 305 g/mol. The van der Waals surface area contributed by atoms with Crippen molar-refractivity contribution in [2.24, 2.45) is 0 Å². The summed E-state index contributed by atoms with van der Waals surface area (Å²) in [5, 5.41) is 2.48. The van der Waals surface area contributed by atoms with Gasteiger partial charge in [0, 0.05) is 13.0 Å². The molecule has 1 unspecified atom stereocenters. The lowest BCUT2D eigenvalue weighted by Crippen LogP contribution is -2.50. The van der Waals surface area contributed by atoms with Gasteiger partial charge in [0.15, 0.2) is 0 Å². The second-order valence-electron chi connectivity index (χ2n) is 4.51. The standard InChI is InChI=1S/C15H19N3O4/c1-10(15(21)18-17-11(2)19)16-14(20)9-6-12-4-7-13(22-3)8-5-12/h4-10H,1-3H3,(H,16,20)(H,17,19)(H,18,21)/b9-6+. The lowest BCUT2D eigenvalue weighted by Gasteiger charge is -2.12. The molecule has 0 saturated heterocycles. The Morgan fingerprint density at radius 1 is 1.14 bits per heavy atom. The summed E-state index contributed by atoms with van der Waals surface area (Å²) in [5.41, 5.74) is 5.16. The lowest BCUT2D eigenvalue weighted by molar-refractivity contribution is -0.130. The van der Waals surface area contributed by atoms with Gasteiger partial charge in [0.05, 0.1) is 7.11 Å². The fourth-order valence-electron chi connectivity index (χ4n) is 1.47. The molecule has 1 atom stereocenters. The van der Waals surface area contributed by atoms with Gasteiger partial charge in [-0.15, -0.1) is 0 Å². The number of benzene rings is 1. The van der Waals surface area contributed by atoms with Gasteiger partial charge in [0.25, 0.3) is 5.91 Å². The number of methoxy groups -OCH3 is 1. The minimum absolute atomic E-state index is 0.397. The molecule has 1 aromatic carbocycles. The van der Waals surface area contributed by atoms with Gasteiger partial charge in [-0.1, -0.05) is 12.1 Å². The van der Waals surface area contributed by atoms with Crippen molar-refractivity contribution in [1.82, 2.24) is 16.2 Å². The number of ether oxygens (including phenoxy) is 1. The first-order valence-corrected chi connectivity index (χ1v) is 6.61. The quantitative estimate of drug-likeness (QED) is 0.541. The fraction of sp³-hybridized carbons (Fsp3) is 0.267. The number of rotatable bonds is 5. The maximum atomic E-state index is 11.7. The first-order valence-electron chi connectivity index (χ1n) is 6.61. The van der Waals surface area contributed by atoms with E-state index < -0.39 is 23.8 Å². The molecule has 0 aliphatic heterocycles. The van der Waals surface area contributed by atoms with Crippen LogP contribution in [0.4, 0.5) is 0 Å². The zero-order valence-corrected chi connectivity index (χ0v) is 12.7. The van der Waals surface area contributed by atoms with Crippen LogP contribution in [-0.4, -0.2) is 30.9 Å². The third-order valence-electron chi connectivity index (χ3n) is 2.66. The lowest BCUT2D eigenvalue weighted by atomic mass is 10.2. The van der Waals surface area contributed by atoms with E-state index in [0.717, 1.165) is 11.3 Å². The van der Waals surface area contributed by atoms with Crippen LogP contribution in [-0.2, 0) is 14.4 Å². The number of carbonyl (C=O) groups is 3. The van der Waals surface area contributed by atoms with E-state index >= 15 is 0 Å². The van der Waals surface area contributed by atoms with Crippen LogP contribution in [0.1, 0.15) is 19.4 Å². The van der Waals surface area contributed by atoms with Crippen LogP contribution in [0.2, 0.25) is 0 Å². The summed E-state index contributed by atoms with van der Waals surface area (Å²) in [4.78, 5) is 33.9. The van der Waals surface area contributed by atoms with Crippen LogP contribution >= 0.6 is 0 Å². The molecule has 0 saturated carbocycles. The van der Waals surface area contributed by atoms with Crippen molar-refractivity contribution in [3.63, 3.8) is 0 Å². The topological polar surface area (TPSA) is 96.5 Å². The van der Waals surface area contributed by atoms with Gasteiger partial charge in [-0.25, -0.2) is 0 Å². The Morgan fingerprint density at radius 2 is 1.77 bits per heavy atom. The van der Waals surface area contributed by atoms with Crippen molar-refractivity contribution in [2.75, 3.05) is 7.11 Å². The summed E-state index contributed by atoms with van der Waals surface area (Å²) in [6.45, 7) is 2.78. The molecule has 0 heterocycles. The van der Waals surface area contributed by atoms with Gasteiger partial charge < -0.3 is 10.1 Å². The fourth-order valence-corrected chi connectivity index (χ4v) is 1.47. The van der Waals surface area contributed by atoms with Crippen molar-refractivity contribution in [3.05, 3.63) is 35.9 Å². The Kier molecular flexibility index (Phi) is 6.62. The van der Waals surface area contributed by atoms with Crippen LogP contribution < -0.4 is 20.9 Å². The first kappa shape index (κ1) is 17.2. The zero-order valence-electron chi connectivity index (χ0n) is 12.7. The number of hydrogen-bond acceptors (Lipinski definition) is 4. The van der Waals surface area contributed by atoms with E-state index in [1.54, 1.807) is 37.5 Å². The minimum atomic E-state index is -0.778. The van der Waals surface area contributed by atoms with Gasteiger partial charge >= 0.3 is 0 Å². The molecule has 0 fully saturated rings. The molecule has 0 radical (unpaired) electrons. The molecular weight excluding hydrogens is 286 g/mol. The van der Waals surface area contributed by atoms with Crippen LogP contribution in [0.15, 0.2) is 30.3 Å². The Labute approximate surface area is 128 Å². The predicted molar refractivity (Wildman–Crippen MR) is 81.6 cm³/mol. The Hall–Kier alpha value is -2.83. The molecule has 3 amide bonds. The van der Waals surface area contributed by atoms with E-state index in [2.05, 4.69) is 16.2 Å². The largest absolute Gasteiger partial charge is 0.497 e. The van der Waals surface area contributed by atoms with Gasteiger partial charge in [-0.3, -0.25) is 25.2 Å². The maximum Gasteiger partial charge on any atom is 0.260 e. The molecule has 0 aliphatic rings. The summed E-state index contributed by atoms with van der Waals surface area (Å²) in [7, 11) is 1.58. The molecule has 1 rings (SSSR count). The average molecular weight is 305 g/mol. The summed E-state index contributed by atoms with van der Waals surface area (Å²) in [6.07, 6.45) is 2.94. The third-order valence-corrected chi connectivity index (χ3v) is 2.66. The SMILES string of the molecule is COc1ccc(/C=C/C(=O)NC(C)C(=O)NNC(C)=O)cc1. The number of carbonyl (C=O) groups excluding carboxylic acids is 3. The normalized spacial score (nSPS) is 11.6. The molecule has 22 heavy (non-hydrogen) atoms. The van der Waals surface area contributed by atoms with Gasteiger partial charge in [-0.05, 0) is 30.7 Å². The van der Waals surface area contributed by atoms with E-state index in [9.17, 15) is 14.4 Å². The number of hydrazine groups is 1. The summed E-state index contributed by atoms with van der Waals surface area (Å²) >= 11 is 0. The van der Waals surface area contributed by atoms with Crippen LogP contribution in [0.5, 0.6) is 5.75 Å². The van der Waals surface area contributed by atoms with Crippen molar-refractivity contribution in [3.8, 4) is 5.75 Å². The van der Waals surface area contributed by atoms with Crippen molar-refractivity contribution in [2.45, 2.75) is 19.9 Å². The van der Waals surface area contributed by atoms with Gasteiger partial charge in [0.1, 0.15) is 11.8 Å². The van der Waals surface area contributed by atoms with Crippen molar-refractivity contribution < 1.29 is 19.1 Å². The number of hydrogen-bond donors (Lipinski definition) is 3. The van der Waals surface area contributed by atoms with Gasteiger partial charge in [-0.2, -0.15) is 0 Å². The second-order valence-corrected chi connectivity index (χ2v) is 4.51. The number of amides is 3. The Morgan fingerprint density at radius 3 is 2.32 bits per heavy atom. The highest BCUT2D eigenvalue weighted by Gasteiger charge is 2.13. The maximum absolute atomic E-state index is 11.7. The summed E-state index contributed by atoms with van der Waals surface area (Å²) in [6, 6.07) is 6.38. The highest BCUT2D eigenvalue weighted by molar-refractivity contribution is 5.95. The molecule has 7 nitrogen and oxygen atoms in total. The molecule has 0 aliphatic carbocycles. The average Bonchev–Trinajstić information content (AvgIpc) is 2.50. The summed E-state index contributed by atoms with van der Waals surface area (Å²) < 4.78 is 5.04. The zero-order chi connectivity index (χ0) is 16.5. The highest BCUT2D eigenvalue weighted by atomic mass is 16.5. The van der Waals surface area contributed by atoms with E-state index in [4.69, 9.17) is 4.74 Å². The minimum Gasteiger partial charge on any atom is -0.497 e. The highest BCUT2D eigenvalue weighted by Crippen LogP contribution is 2.12. The Bertz CT molecular complexity index is 567. The molecular formula is C15H19N3O4. The second kappa shape index (κ2) is 8.46. The first-order chi connectivity index (χ1) is 10.4. The molecule has 3 N–H and O–H groups in total. The van der Waals surface area contributed by atoms with Gasteiger partial charge in [0.2, 0.25) is 11.8 Å². The van der Waals surface area contributed by atoms with Crippen LogP contribution in [0.3, 0.4) is 0 Å². The van der Waals surface area contributed by atoms with Crippen molar-refractivity contribution in [1.29, 1.82) is 0 Å². The smallest absolute Gasteiger partial charge is 0.260 e. The molecule has 0 aromatic heterocycles. The van der Waals surface area contributed by atoms with E-state index in [-0.39, 0.29) is 0 Å². The molecule has 0 bridgehead atoms. The molecule has 7 heteroatoms. The van der Waals surface area contributed by atoms with Crippen LogP contribution in [0, 0.1) is 0 Å². The summed E-state index contributed by atoms with van der Waals surface area (Å²) in [5.74, 6) is -0.598. The van der Waals surface area contributed by atoms with E-state index in [1.165, 1.54) is 19.9 Å². The van der Waals surface area contributed by atoms with Crippen LogP contribution in [0.25, 0.3) is 6.08 Å². The Balaban J connectivity index is 2.48. The van der Waals surface area contributed by atoms with Crippen molar-refractivity contribution >= 4 is 23.8 Å². The molecule has 0 spiro atoms. The van der Waals surface area contributed by atoms with E-state index in [0.29, 0.717) is 0 Å². The van der Waals surface area contributed by atoms with E-state index in [1.807, 2.05) is 0 Å². The molecule has 118 valence electrons. The molecule has 1 aromatic rings. The predicted octanol–water partition coefficient (Wildman–Crippen LogP) is 0.380. The number of nitrogens with one attached hydrogen (secondary N) is 3. The third kappa shape index (κ3) is 6.08.